The highest BCUT2D eigenvalue weighted by Crippen LogP contribution is 2.16. The van der Waals surface area contributed by atoms with Gasteiger partial charge in [-0.2, -0.15) is 0 Å². The van der Waals surface area contributed by atoms with Crippen LogP contribution in [0.4, 0.5) is 0 Å². The molecule has 0 saturated heterocycles. The Labute approximate surface area is 80.6 Å². The lowest BCUT2D eigenvalue weighted by molar-refractivity contribution is 0.176. The van der Waals surface area contributed by atoms with Gasteiger partial charge >= 0.3 is 0 Å². The molecule has 0 aliphatic heterocycles. The first-order valence-electron chi connectivity index (χ1n) is 3.63. The van der Waals surface area contributed by atoms with Crippen molar-refractivity contribution < 1.29 is 5.11 Å². The van der Waals surface area contributed by atoms with Crippen LogP contribution in [-0.2, 0) is 0 Å². The van der Waals surface area contributed by atoms with Gasteiger partial charge < -0.3 is 5.11 Å². The average molecular weight is 262 g/mol. The Bertz CT molecular complexity index is 198. The maximum atomic E-state index is 9.52. The van der Waals surface area contributed by atoms with Gasteiger partial charge in [0.2, 0.25) is 0 Å². The first-order chi connectivity index (χ1) is 5.34. The van der Waals surface area contributed by atoms with Crippen LogP contribution in [0.2, 0.25) is 0 Å². The molecule has 1 nitrogen and oxygen atoms in total. The molecule has 1 aromatic rings. The summed E-state index contributed by atoms with van der Waals surface area (Å²) in [7, 11) is 0. The molecule has 0 aromatic heterocycles. The Morgan fingerprint density at radius 2 is 1.91 bits per heavy atom. The van der Waals surface area contributed by atoms with Gasteiger partial charge in [0.15, 0.2) is 0 Å². The highest BCUT2D eigenvalue weighted by atomic mass is 127. The molecule has 0 bridgehead atoms. The molecule has 1 atom stereocenters. The van der Waals surface area contributed by atoms with Gasteiger partial charge in [0, 0.05) is 4.43 Å². The van der Waals surface area contributed by atoms with Crippen molar-refractivity contribution in [3.05, 3.63) is 35.9 Å². The maximum Gasteiger partial charge on any atom is 0.0797 e. The lowest BCUT2D eigenvalue weighted by Gasteiger charge is -2.07. The Balaban J connectivity index is 2.61. The summed E-state index contributed by atoms with van der Waals surface area (Å²) in [6, 6.07) is 9.77. The summed E-state index contributed by atoms with van der Waals surface area (Å²) in [6.45, 7) is 0. The third-order valence-corrected chi connectivity index (χ3v) is 2.19. The van der Waals surface area contributed by atoms with Crippen LogP contribution in [-0.4, -0.2) is 9.53 Å². The van der Waals surface area contributed by atoms with Gasteiger partial charge in [0.05, 0.1) is 6.10 Å². The van der Waals surface area contributed by atoms with Gasteiger partial charge in [0.1, 0.15) is 0 Å². The molecule has 0 radical (unpaired) electrons. The number of halogens is 1. The topological polar surface area (TPSA) is 20.2 Å². The molecule has 1 unspecified atom stereocenters. The summed E-state index contributed by atoms with van der Waals surface area (Å²) in [5.74, 6) is 0. The van der Waals surface area contributed by atoms with E-state index in [1.165, 1.54) is 0 Å². The van der Waals surface area contributed by atoms with E-state index < -0.39 is 0 Å². The Morgan fingerprint density at radius 1 is 1.27 bits per heavy atom. The number of hydrogen-bond acceptors (Lipinski definition) is 1. The molecular weight excluding hydrogens is 251 g/mol. The molecule has 1 aromatic carbocycles. The van der Waals surface area contributed by atoms with E-state index in [9.17, 15) is 5.11 Å². The zero-order chi connectivity index (χ0) is 8.10. The van der Waals surface area contributed by atoms with E-state index in [0.29, 0.717) is 0 Å². The van der Waals surface area contributed by atoms with Crippen LogP contribution in [0.3, 0.4) is 0 Å². The van der Waals surface area contributed by atoms with Crippen LogP contribution < -0.4 is 0 Å². The third-order valence-electron chi connectivity index (χ3n) is 1.57. The van der Waals surface area contributed by atoms with Crippen molar-refractivity contribution in [2.45, 2.75) is 12.5 Å². The monoisotopic (exact) mass is 262 g/mol. The molecule has 1 N–H and O–H groups in total. The van der Waals surface area contributed by atoms with Crippen molar-refractivity contribution in [1.82, 2.24) is 0 Å². The predicted molar refractivity (Wildman–Crippen MR) is 54.9 cm³/mol. The van der Waals surface area contributed by atoms with Crippen LogP contribution in [0.15, 0.2) is 30.3 Å². The summed E-state index contributed by atoms with van der Waals surface area (Å²) in [6.07, 6.45) is 0.554. The smallest absolute Gasteiger partial charge is 0.0797 e. The number of alkyl halides is 1. The van der Waals surface area contributed by atoms with Crippen molar-refractivity contribution in [3.8, 4) is 0 Å². The predicted octanol–water partition coefficient (Wildman–Crippen LogP) is 2.55. The van der Waals surface area contributed by atoms with Gasteiger partial charge in [-0.05, 0) is 12.0 Å². The zero-order valence-corrected chi connectivity index (χ0v) is 8.36. The number of benzene rings is 1. The minimum absolute atomic E-state index is 0.284. The van der Waals surface area contributed by atoms with Crippen molar-refractivity contribution in [1.29, 1.82) is 0 Å². The van der Waals surface area contributed by atoms with Crippen LogP contribution in [0.1, 0.15) is 18.1 Å². The first kappa shape index (κ1) is 9.00. The van der Waals surface area contributed by atoms with Crippen LogP contribution in [0.25, 0.3) is 0 Å². The fraction of sp³-hybridized carbons (Fsp3) is 0.333. The van der Waals surface area contributed by atoms with Crippen molar-refractivity contribution in [2.75, 3.05) is 4.43 Å². The molecule has 0 spiro atoms. The molecule has 2 heteroatoms. The average Bonchev–Trinajstić information content (AvgIpc) is 2.07. The highest BCUT2D eigenvalue weighted by molar-refractivity contribution is 14.1. The first-order valence-corrected chi connectivity index (χ1v) is 5.16. The Kier molecular flexibility index (Phi) is 3.86. The molecule has 60 valence electrons. The maximum absolute atomic E-state index is 9.52. The van der Waals surface area contributed by atoms with E-state index in [-0.39, 0.29) is 6.10 Å². The molecule has 0 saturated carbocycles. The molecule has 1 rings (SSSR count). The Morgan fingerprint density at radius 3 is 2.45 bits per heavy atom. The fourth-order valence-corrected chi connectivity index (χ4v) is 1.54. The van der Waals surface area contributed by atoms with E-state index in [1.807, 2.05) is 30.3 Å². The fourth-order valence-electron chi connectivity index (χ4n) is 0.945. The third kappa shape index (κ3) is 2.79. The minimum atomic E-state index is -0.284. The largest absolute Gasteiger partial charge is 0.388 e. The summed E-state index contributed by atoms with van der Waals surface area (Å²) in [4.78, 5) is 0. The lowest BCUT2D eigenvalue weighted by atomic mass is 10.1. The normalized spacial score (nSPS) is 12.9. The molecule has 0 aliphatic rings. The van der Waals surface area contributed by atoms with E-state index in [1.54, 1.807) is 0 Å². The summed E-state index contributed by atoms with van der Waals surface area (Å²) < 4.78 is 0.994. The van der Waals surface area contributed by atoms with Gasteiger partial charge in [-0.1, -0.05) is 52.9 Å². The van der Waals surface area contributed by atoms with Gasteiger partial charge in [-0.3, -0.25) is 0 Å². The molecule has 11 heavy (non-hydrogen) atoms. The van der Waals surface area contributed by atoms with Gasteiger partial charge in [0.25, 0.3) is 0 Å². The molecule has 0 amide bonds. The van der Waals surface area contributed by atoms with Gasteiger partial charge in [-0.15, -0.1) is 0 Å². The van der Waals surface area contributed by atoms with E-state index in [4.69, 9.17) is 0 Å². The standard InChI is InChI=1S/C9H11IO/c10-7-6-9(11)8-4-2-1-3-5-8/h1-5,9,11H,6-7H2. The zero-order valence-electron chi connectivity index (χ0n) is 6.20. The van der Waals surface area contributed by atoms with Crippen molar-refractivity contribution in [3.63, 3.8) is 0 Å². The number of aliphatic hydroxyl groups is 1. The van der Waals surface area contributed by atoms with Crippen LogP contribution in [0, 0.1) is 0 Å². The van der Waals surface area contributed by atoms with Crippen LogP contribution >= 0.6 is 22.6 Å². The summed E-state index contributed by atoms with van der Waals surface area (Å²) in [5.41, 5.74) is 1.02. The van der Waals surface area contributed by atoms with E-state index in [2.05, 4.69) is 22.6 Å². The molecular formula is C9H11IO. The van der Waals surface area contributed by atoms with Gasteiger partial charge in [-0.25, -0.2) is 0 Å². The number of rotatable bonds is 3. The quantitative estimate of drug-likeness (QED) is 0.655. The second kappa shape index (κ2) is 4.72. The van der Waals surface area contributed by atoms with Crippen molar-refractivity contribution in [2.24, 2.45) is 0 Å². The second-order valence-corrected chi connectivity index (χ2v) is 3.48. The minimum Gasteiger partial charge on any atom is -0.388 e. The van der Waals surface area contributed by atoms with E-state index >= 15 is 0 Å². The van der Waals surface area contributed by atoms with E-state index in [0.717, 1.165) is 16.4 Å². The van der Waals surface area contributed by atoms with Crippen LogP contribution in [0.5, 0.6) is 0 Å². The number of aliphatic hydroxyl groups excluding tert-OH is 1. The molecule has 0 aliphatic carbocycles. The summed E-state index contributed by atoms with van der Waals surface area (Å²) in [5, 5.41) is 9.52. The molecule has 0 fully saturated rings. The second-order valence-electron chi connectivity index (χ2n) is 2.40. The molecule has 0 heterocycles. The number of hydrogen-bond donors (Lipinski definition) is 1. The lowest BCUT2D eigenvalue weighted by Crippen LogP contribution is -1.96. The highest BCUT2D eigenvalue weighted by Gasteiger charge is 2.03. The summed E-state index contributed by atoms with van der Waals surface area (Å²) >= 11 is 2.27. The SMILES string of the molecule is OC(CCI)c1ccccc1. The Hall–Kier alpha value is -0.0900. The van der Waals surface area contributed by atoms with Crippen molar-refractivity contribution >= 4 is 22.6 Å².